The van der Waals surface area contributed by atoms with E-state index in [0.29, 0.717) is 44.1 Å². The molecule has 0 aromatic rings. The maximum Gasteiger partial charge on any atom is 0.104 e. The highest BCUT2D eigenvalue weighted by Gasteiger charge is 2.86. The Morgan fingerprint density at radius 3 is 0.662 bits per heavy atom. The van der Waals surface area contributed by atoms with Crippen molar-refractivity contribution < 1.29 is 13.4 Å². The van der Waals surface area contributed by atoms with E-state index in [1.54, 1.807) is 13.8 Å². The Kier molecular flexibility index (Phi) is 26.2. The molecule has 4 aliphatic heterocycles. The molecule has 0 aromatic heterocycles. The summed E-state index contributed by atoms with van der Waals surface area (Å²) in [5.74, 6) is 88.1. The molecule has 4 aliphatic rings. The Labute approximate surface area is 474 Å². The minimum absolute atomic E-state index is 0.375. The summed E-state index contributed by atoms with van der Waals surface area (Å²) < 4.78 is 3.40. The molecular weight excluding hydrogens is 931 g/mol. The van der Waals surface area contributed by atoms with Crippen LogP contribution in [-0.2, 0) is 0 Å². The summed E-state index contributed by atoms with van der Waals surface area (Å²) in [5.41, 5.74) is 3.34. The van der Waals surface area contributed by atoms with Crippen molar-refractivity contribution in [2.45, 2.75) is 191 Å². The fourth-order valence-electron chi connectivity index (χ4n) is 10.8. The number of hydrogen-bond donors (Lipinski definition) is 0. The number of likely N-dealkylation sites (tertiary alicyclic amines) is 1. The first-order chi connectivity index (χ1) is 35.2. The Balaban J connectivity index is 0.00000115. The van der Waals surface area contributed by atoms with Gasteiger partial charge in [-0.2, -0.15) is 0 Å². The summed E-state index contributed by atoms with van der Waals surface area (Å²) in [6.07, 6.45) is 2.68. The monoisotopic (exact) mass is 1020 g/mol. The van der Waals surface area contributed by atoms with Crippen molar-refractivity contribution in [1.82, 2.24) is 0 Å². The van der Waals surface area contributed by atoms with Gasteiger partial charge in [0.2, 0.25) is 0 Å². The van der Waals surface area contributed by atoms with Gasteiger partial charge in [-0.3, -0.25) is 0 Å². The first-order valence-electron chi connectivity index (χ1n) is 26.1. The van der Waals surface area contributed by atoms with Crippen LogP contribution in [0.5, 0.6) is 0 Å². The molecule has 396 valence electrons. The van der Waals surface area contributed by atoms with Crippen LogP contribution in [0.4, 0.5) is 0 Å². The van der Waals surface area contributed by atoms with Gasteiger partial charge in [0.25, 0.3) is 0 Å². The zero-order valence-corrected chi connectivity index (χ0v) is 52.5. The molecular formula is C74H88N3+3. The van der Waals surface area contributed by atoms with Gasteiger partial charge in [0.1, 0.15) is 22.2 Å². The minimum Gasteiger partial charge on any atom is -0.327 e. The fourth-order valence-corrected chi connectivity index (χ4v) is 10.8. The summed E-state index contributed by atoms with van der Waals surface area (Å²) in [6, 6.07) is 0. The van der Waals surface area contributed by atoms with Gasteiger partial charge >= 0.3 is 0 Å². The van der Waals surface area contributed by atoms with Crippen LogP contribution in [0.3, 0.4) is 0 Å². The zero-order chi connectivity index (χ0) is 59.7. The lowest BCUT2D eigenvalue weighted by Gasteiger charge is -2.71. The first-order valence-corrected chi connectivity index (χ1v) is 26.1. The lowest BCUT2D eigenvalue weighted by atomic mass is 9.56. The molecule has 0 saturated carbocycles. The van der Waals surface area contributed by atoms with Gasteiger partial charge in [0, 0.05) is 101 Å². The topological polar surface area (TPSA) is 0 Å². The average molecular weight is 1020 g/mol. The molecule has 4 fully saturated rings. The molecule has 1 unspecified atom stereocenters. The predicted molar refractivity (Wildman–Crippen MR) is 329 cm³/mol. The van der Waals surface area contributed by atoms with Gasteiger partial charge in [-0.05, 0) is 222 Å². The Morgan fingerprint density at radius 1 is 0.325 bits per heavy atom. The van der Waals surface area contributed by atoms with Gasteiger partial charge in [0.05, 0.1) is 65.2 Å². The Morgan fingerprint density at radius 2 is 0.519 bits per heavy atom. The second kappa shape index (κ2) is 29.1. The molecule has 4 saturated heterocycles. The molecule has 4 rings (SSSR count). The van der Waals surface area contributed by atoms with Crippen LogP contribution in [0.1, 0.15) is 158 Å². The molecule has 0 aromatic carbocycles. The largest absolute Gasteiger partial charge is 0.327 e. The standard InChI is InChI=1S/C36H6.C17H34N.C14H30N.C7H18N/c1-3-5-7-9-11-13-15-17-19-21-23-25-27-29-31-33-35-36-34-32-30-28-26-24-22-20-18-16-14-12-10-8-6-4-2;1-14(2,3)11-12-13-16(6,7)18(10,15(12,4)5)17(13,8)9;1-12(2,3)10-11-13(4,5)15(8,9)14(11,6)7;1-7(2,3)8(4,5)6/h1-2H3;12-13H,11H2,1-10H3;11H,10H2,1-9H3;1-6H3/q;3*+1. The quantitative estimate of drug-likeness (QED) is 0.191. The molecule has 0 radical (unpaired) electrons. The van der Waals surface area contributed by atoms with E-state index in [9.17, 15) is 0 Å². The summed E-state index contributed by atoms with van der Waals surface area (Å²) in [4.78, 5) is 0. The minimum atomic E-state index is 0.375. The van der Waals surface area contributed by atoms with Crippen molar-refractivity contribution in [3.8, 4) is 201 Å². The third-order valence-corrected chi connectivity index (χ3v) is 16.7. The molecule has 2 bridgehead atoms. The van der Waals surface area contributed by atoms with E-state index in [2.05, 4.69) is 375 Å². The molecule has 1 atom stereocenters. The maximum absolute atomic E-state index is 2.63. The summed E-state index contributed by atoms with van der Waals surface area (Å²) in [6.45, 7) is 49.1. The lowest BCUT2D eigenvalue weighted by Crippen LogP contribution is -2.84. The fraction of sp³-hybridized carbons (Fsp3) is 0.541. The zero-order valence-electron chi connectivity index (χ0n) is 52.5. The van der Waals surface area contributed by atoms with Gasteiger partial charge in [-0.15, -0.1) is 0 Å². The van der Waals surface area contributed by atoms with Crippen molar-refractivity contribution in [3.05, 3.63) is 0 Å². The highest BCUT2D eigenvalue weighted by Crippen LogP contribution is 2.73. The SMILES string of the molecule is CC#CC#CC#CC#CC#CC#CC#CC#CC#CC#CC#CC#CC#CC#CC#CC#CC#CC.CC(C)(C)CC1C(C)(C)[N+](C)(C)C1(C)C.CC(C)(C)CC1C2C(C)(C)[N+](C)(C1(C)C)C2(C)C.CC(C)(C)[N+](C)(C)C. The number of hydrogen-bond acceptors (Lipinski definition) is 0. The third kappa shape index (κ3) is 19.8. The molecule has 3 heteroatoms. The number of fused-ring (bicyclic) bond motifs is 1. The van der Waals surface area contributed by atoms with Crippen LogP contribution in [0.25, 0.3) is 0 Å². The molecule has 4 heterocycles. The Hall–Kier alpha value is -7.60. The van der Waals surface area contributed by atoms with Crippen molar-refractivity contribution >= 4 is 0 Å². The van der Waals surface area contributed by atoms with Crippen molar-refractivity contribution in [2.75, 3.05) is 42.3 Å². The van der Waals surface area contributed by atoms with E-state index in [-0.39, 0.29) is 0 Å². The highest BCUT2D eigenvalue weighted by atomic mass is 15.6. The van der Waals surface area contributed by atoms with Gasteiger partial charge in [-0.25, -0.2) is 0 Å². The van der Waals surface area contributed by atoms with Crippen LogP contribution < -0.4 is 0 Å². The van der Waals surface area contributed by atoms with E-state index in [4.69, 9.17) is 0 Å². The number of nitrogens with zero attached hydrogens (tertiary/aromatic N) is 3. The molecule has 77 heavy (non-hydrogen) atoms. The van der Waals surface area contributed by atoms with Crippen molar-refractivity contribution in [2.24, 2.45) is 28.6 Å². The van der Waals surface area contributed by atoms with Gasteiger partial charge < -0.3 is 13.4 Å². The molecule has 0 aliphatic carbocycles. The van der Waals surface area contributed by atoms with Crippen molar-refractivity contribution in [3.63, 3.8) is 0 Å². The van der Waals surface area contributed by atoms with Gasteiger partial charge in [-0.1, -0.05) is 53.4 Å². The lowest BCUT2D eigenvalue weighted by molar-refractivity contribution is -1.06. The molecule has 0 N–H and O–H groups in total. The first kappa shape index (κ1) is 69.4. The van der Waals surface area contributed by atoms with E-state index >= 15 is 0 Å². The summed E-state index contributed by atoms with van der Waals surface area (Å²) in [7, 11) is 13.9. The number of rotatable bonds is 2. The van der Waals surface area contributed by atoms with Crippen LogP contribution in [-0.4, -0.2) is 89.0 Å². The van der Waals surface area contributed by atoms with Crippen LogP contribution in [0.2, 0.25) is 0 Å². The van der Waals surface area contributed by atoms with Crippen LogP contribution >= 0.6 is 0 Å². The molecule has 3 nitrogen and oxygen atoms in total. The second-order valence-electron chi connectivity index (χ2n) is 26.6. The Bertz CT molecular complexity index is 3120. The van der Waals surface area contributed by atoms with Crippen LogP contribution in [0, 0.1) is 230 Å². The normalized spacial score (nSPS) is 19.1. The van der Waals surface area contributed by atoms with Gasteiger partial charge in [0.15, 0.2) is 0 Å². The molecule has 0 amide bonds. The van der Waals surface area contributed by atoms with E-state index in [1.165, 1.54) is 17.3 Å². The molecule has 0 spiro atoms. The smallest absolute Gasteiger partial charge is 0.104 e. The summed E-state index contributed by atoms with van der Waals surface area (Å²) in [5, 5.41) is 0. The van der Waals surface area contributed by atoms with E-state index < -0.39 is 0 Å². The van der Waals surface area contributed by atoms with E-state index in [0.717, 1.165) is 26.7 Å². The maximum atomic E-state index is 2.63. The average Bonchev–Trinajstić information content (AvgIpc) is 3.50. The van der Waals surface area contributed by atoms with E-state index in [1.807, 2.05) is 0 Å². The third-order valence-electron chi connectivity index (χ3n) is 16.7. The van der Waals surface area contributed by atoms with Crippen LogP contribution in [0.15, 0.2) is 0 Å². The summed E-state index contributed by atoms with van der Waals surface area (Å²) >= 11 is 0. The number of quaternary nitrogens is 3. The van der Waals surface area contributed by atoms with Crippen molar-refractivity contribution in [1.29, 1.82) is 0 Å². The second-order valence-corrected chi connectivity index (χ2v) is 26.6. The predicted octanol–water partition coefficient (Wildman–Crippen LogP) is 10.7. The highest BCUT2D eigenvalue weighted by molar-refractivity contribution is 5.49.